The van der Waals surface area contributed by atoms with E-state index in [-0.39, 0.29) is 35.3 Å². The maximum absolute atomic E-state index is 14.0. The molecule has 2 aliphatic rings. The Kier molecular flexibility index (Phi) is 13.8. The zero-order valence-corrected chi connectivity index (χ0v) is 35.8. The van der Waals surface area contributed by atoms with Gasteiger partial charge in [-0.3, -0.25) is 9.59 Å². The Bertz CT molecular complexity index is 2370. The molecule has 0 bridgehead atoms. The first kappa shape index (κ1) is 42.3. The zero-order chi connectivity index (χ0) is 42.2. The number of aryl methyl sites for hydroxylation is 1. The van der Waals surface area contributed by atoms with Crippen LogP contribution in [0.2, 0.25) is 0 Å². The number of ether oxygens (including phenoxy) is 1. The monoisotopic (exact) mass is 850 g/mol. The minimum absolute atomic E-state index is 0.0587. The normalized spacial score (nSPS) is 16.6. The smallest absolute Gasteiger partial charge is 0.257 e. The van der Waals surface area contributed by atoms with Gasteiger partial charge < -0.3 is 24.3 Å². The fraction of sp³-hybridized carbons (Fsp3) is 0.333. The second-order valence-electron chi connectivity index (χ2n) is 14.9. The number of hydrogen-bond donors (Lipinski definition) is 0. The lowest BCUT2D eigenvalue weighted by molar-refractivity contribution is 0.0663. The van der Waals surface area contributed by atoms with E-state index in [0.717, 1.165) is 63.9 Å². The molecule has 0 spiro atoms. The molecule has 0 radical (unpaired) electrons. The van der Waals surface area contributed by atoms with Crippen molar-refractivity contribution in [3.8, 4) is 5.75 Å². The number of amides is 2. The number of carbonyl (C=O) groups is 2. The van der Waals surface area contributed by atoms with E-state index in [1.165, 1.54) is 52.9 Å². The first-order valence-corrected chi connectivity index (χ1v) is 21.6. The van der Waals surface area contributed by atoms with Crippen LogP contribution in [0.4, 0.5) is 19.0 Å². The Morgan fingerprint density at radius 2 is 1.25 bits per heavy atom. The van der Waals surface area contributed by atoms with Gasteiger partial charge in [0.15, 0.2) is 0 Å². The highest BCUT2D eigenvalue weighted by Gasteiger charge is 2.32. The minimum atomic E-state index is -0.483. The van der Waals surface area contributed by atoms with Crippen LogP contribution in [0, 0.1) is 11.6 Å². The summed E-state index contributed by atoms with van der Waals surface area (Å²) >= 11 is 2.74. The van der Waals surface area contributed by atoms with Gasteiger partial charge in [-0.05, 0) is 85.5 Å². The predicted molar refractivity (Wildman–Crippen MR) is 232 cm³/mol. The fourth-order valence-corrected chi connectivity index (χ4v) is 8.78. The molecule has 2 atom stereocenters. The average Bonchev–Trinajstić information content (AvgIpc) is 3.94. The van der Waals surface area contributed by atoms with Gasteiger partial charge in [0.25, 0.3) is 11.8 Å². The van der Waals surface area contributed by atoms with Gasteiger partial charge in [0.2, 0.25) is 10.3 Å². The Morgan fingerprint density at radius 3 is 1.82 bits per heavy atom. The van der Waals surface area contributed by atoms with Crippen molar-refractivity contribution in [3.63, 3.8) is 0 Å². The van der Waals surface area contributed by atoms with Crippen LogP contribution in [0.15, 0.2) is 97.1 Å². The summed E-state index contributed by atoms with van der Waals surface area (Å²) in [4.78, 5) is 43.1. The molecule has 0 aliphatic carbocycles. The van der Waals surface area contributed by atoms with Crippen LogP contribution >= 0.6 is 23.1 Å². The van der Waals surface area contributed by atoms with Crippen molar-refractivity contribution in [1.29, 1.82) is 0 Å². The molecule has 15 heteroatoms. The zero-order valence-electron chi connectivity index (χ0n) is 34.1. The van der Waals surface area contributed by atoms with Crippen LogP contribution in [0.1, 0.15) is 69.8 Å². The molecule has 4 heterocycles. The number of anilines is 2. The third kappa shape index (κ3) is 10.3. The molecule has 6 aromatic rings. The second-order valence-corrected chi connectivity index (χ2v) is 16.4. The summed E-state index contributed by atoms with van der Waals surface area (Å²) in [5.41, 5.74) is 4.17. The van der Waals surface area contributed by atoms with Gasteiger partial charge >= 0.3 is 0 Å². The summed E-state index contributed by atoms with van der Waals surface area (Å²) in [7, 11) is 1.65. The first-order chi connectivity index (χ1) is 29.1. The van der Waals surface area contributed by atoms with Gasteiger partial charge in [-0.1, -0.05) is 55.5 Å². The number of hydrogen-bond acceptors (Lipinski definition) is 11. The van der Waals surface area contributed by atoms with Gasteiger partial charge in [-0.2, -0.15) is 8.75 Å². The van der Waals surface area contributed by atoms with Crippen molar-refractivity contribution in [2.75, 3.05) is 56.2 Å². The summed E-state index contributed by atoms with van der Waals surface area (Å²) in [6, 6.07) is 28.3. The molecule has 2 saturated heterocycles. The number of aromatic nitrogens is 4. The molecule has 0 N–H and O–H groups in total. The van der Waals surface area contributed by atoms with E-state index in [1.807, 2.05) is 60.4 Å². The number of rotatable bonds is 10. The van der Waals surface area contributed by atoms with Gasteiger partial charge in [0, 0.05) is 92.8 Å². The van der Waals surface area contributed by atoms with Gasteiger partial charge in [0.1, 0.15) is 29.0 Å². The fourth-order valence-electron chi connectivity index (χ4n) is 7.34. The van der Waals surface area contributed by atoms with Crippen molar-refractivity contribution in [3.05, 3.63) is 148 Å². The number of piperazine rings is 2. The molecule has 2 unspecified atom stereocenters. The molecule has 60 heavy (non-hydrogen) atoms. The predicted octanol–water partition coefficient (Wildman–Crippen LogP) is 7.81. The van der Waals surface area contributed by atoms with E-state index in [1.54, 1.807) is 36.3 Å². The molecule has 4 aromatic carbocycles. The molecule has 312 valence electrons. The number of nitrogens with zero attached hydrogens (tertiary/aromatic N) is 8. The summed E-state index contributed by atoms with van der Waals surface area (Å²) < 4.78 is 41.3. The highest BCUT2D eigenvalue weighted by atomic mass is 32.1. The lowest BCUT2D eigenvalue weighted by atomic mass is 10.1. The van der Waals surface area contributed by atoms with Crippen molar-refractivity contribution in [2.45, 2.75) is 52.1 Å². The molecule has 2 aliphatic heterocycles. The van der Waals surface area contributed by atoms with Crippen LogP contribution < -0.4 is 14.5 Å². The Morgan fingerprint density at radius 1 is 0.683 bits per heavy atom. The van der Waals surface area contributed by atoms with E-state index >= 15 is 0 Å². The SMILES string of the molecule is CCc1ccc(C(=O)N2CCN(c3nc(Cc4ccc(F)cc4)ns3)CC2C)cc1.COc1cccc(Cc2nsc(N3CCN(C(=O)c4ccccc4F)C(C)C3)n2)c1. The lowest BCUT2D eigenvalue weighted by Crippen LogP contribution is -2.54. The summed E-state index contributed by atoms with van der Waals surface area (Å²) in [5, 5.41) is 1.72. The molecule has 8 rings (SSSR count). The lowest BCUT2D eigenvalue weighted by Gasteiger charge is -2.39. The number of halogens is 2. The van der Waals surface area contributed by atoms with Crippen molar-refractivity contribution >= 4 is 45.1 Å². The largest absolute Gasteiger partial charge is 0.497 e. The van der Waals surface area contributed by atoms with Crippen LogP contribution in [0.5, 0.6) is 5.75 Å². The molecule has 2 fully saturated rings. The Labute approximate surface area is 357 Å². The maximum atomic E-state index is 14.0. The number of methoxy groups -OCH3 is 1. The topological polar surface area (TPSA) is 108 Å². The molecule has 2 amide bonds. The molecular formula is C45H48F2N8O3S2. The van der Waals surface area contributed by atoms with Crippen LogP contribution in [0.25, 0.3) is 0 Å². The average molecular weight is 851 g/mol. The van der Waals surface area contributed by atoms with Crippen LogP contribution in [-0.4, -0.2) is 98.8 Å². The van der Waals surface area contributed by atoms with Gasteiger partial charge in [-0.15, -0.1) is 0 Å². The second kappa shape index (κ2) is 19.5. The Hall–Kier alpha value is -5.80. The minimum Gasteiger partial charge on any atom is -0.497 e. The van der Waals surface area contributed by atoms with Gasteiger partial charge in [-0.25, -0.2) is 18.7 Å². The van der Waals surface area contributed by atoms with Crippen LogP contribution in [0.3, 0.4) is 0 Å². The highest BCUT2D eigenvalue weighted by Crippen LogP contribution is 2.26. The van der Waals surface area contributed by atoms with Gasteiger partial charge in [0.05, 0.1) is 12.7 Å². The van der Waals surface area contributed by atoms with E-state index in [4.69, 9.17) is 9.72 Å². The number of benzene rings is 4. The maximum Gasteiger partial charge on any atom is 0.257 e. The van der Waals surface area contributed by atoms with E-state index in [2.05, 4.69) is 37.4 Å². The quantitative estimate of drug-likeness (QED) is 0.137. The molecule has 11 nitrogen and oxygen atoms in total. The first-order valence-electron chi connectivity index (χ1n) is 20.1. The van der Waals surface area contributed by atoms with Crippen LogP contribution in [-0.2, 0) is 19.3 Å². The number of carbonyl (C=O) groups excluding carboxylic acids is 2. The van der Waals surface area contributed by atoms with E-state index in [9.17, 15) is 18.4 Å². The summed E-state index contributed by atoms with van der Waals surface area (Å²) in [5.74, 6) is 1.41. The summed E-state index contributed by atoms with van der Waals surface area (Å²) in [6.07, 6.45) is 2.18. The van der Waals surface area contributed by atoms with Crippen molar-refractivity contribution < 1.29 is 23.1 Å². The highest BCUT2D eigenvalue weighted by molar-refractivity contribution is 7.10. The Balaban J connectivity index is 0.000000181. The standard InChI is InChI=1S/C23H25FN4OS.C22H23FN4O2S/c1-3-17-4-8-19(9-5-17)22(29)28-13-12-27(15-16(28)2)23-25-21(26-30-23)14-18-6-10-20(24)11-7-18;1-15-14-26(10-11-27(15)21(28)18-8-3-4-9-19(18)23)22-24-20(25-30-22)13-16-6-5-7-17(12-16)29-2/h4-11,16H,3,12-15H2,1-2H3;3-9,12,15H,10-11,13-14H2,1-2H3. The summed E-state index contributed by atoms with van der Waals surface area (Å²) in [6.45, 7) is 10.1. The molecule has 0 saturated carbocycles. The molecular weight excluding hydrogens is 803 g/mol. The molecule has 2 aromatic heterocycles. The van der Waals surface area contributed by atoms with E-state index in [0.29, 0.717) is 39.0 Å². The third-order valence-corrected chi connectivity index (χ3v) is 12.3. The van der Waals surface area contributed by atoms with E-state index < -0.39 is 5.82 Å². The van der Waals surface area contributed by atoms with Crippen molar-refractivity contribution in [1.82, 2.24) is 28.5 Å². The third-order valence-electron chi connectivity index (χ3n) is 10.7. The van der Waals surface area contributed by atoms with Crippen molar-refractivity contribution in [2.24, 2.45) is 0 Å².